The monoisotopic (exact) mass is 402 g/mol. The van der Waals surface area contributed by atoms with Gasteiger partial charge >= 0.3 is 0 Å². The van der Waals surface area contributed by atoms with E-state index in [1.54, 1.807) is 0 Å². The van der Waals surface area contributed by atoms with Crippen molar-refractivity contribution in [2.45, 2.75) is 26.0 Å². The molecule has 1 amide bonds. The number of H-pyrrole nitrogens is 1. The van der Waals surface area contributed by atoms with Crippen molar-refractivity contribution in [2.24, 2.45) is 0 Å². The lowest BCUT2D eigenvalue weighted by Gasteiger charge is -2.44. The molecule has 6 heteroatoms. The Morgan fingerprint density at radius 2 is 2.20 bits per heavy atom. The first-order chi connectivity index (χ1) is 14.5. The van der Waals surface area contributed by atoms with Gasteiger partial charge in [0.25, 0.3) is 0 Å². The standard InChI is InChI=1S/C24H26N4O2/c1-4-23(29)28-12-18(13-28)27(3)22-6-5-15(2)24-19(22)10-21(26-24)16-9-17-14-30-8-7-20(17)25-11-16/h4-6,9-11,18,26H,1,7-8,12-14H2,2-3H3. The molecule has 2 aromatic heterocycles. The predicted molar refractivity (Wildman–Crippen MR) is 119 cm³/mol. The van der Waals surface area contributed by atoms with Crippen molar-refractivity contribution >= 4 is 22.5 Å². The van der Waals surface area contributed by atoms with E-state index in [0.717, 1.165) is 48.6 Å². The molecule has 0 atom stereocenters. The number of likely N-dealkylation sites (tertiary alicyclic amines) is 1. The molecule has 2 aliphatic heterocycles. The number of carbonyl (C=O) groups is 1. The van der Waals surface area contributed by atoms with Crippen LogP contribution < -0.4 is 4.90 Å². The summed E-state index contributed by atoms with van der Waals surface area (Å²) in [6.45, 7) is 8.53. The number of hydrogen-bond acceptors (Lipinski definition) is 4. The molecule has 0 saturated carbocycles. The maximum atomic E-state index is 11.8. The van der Waals surface area contributed by atoms with Crippen LogP contribution in [0.25, 0.3) is 22.2 Å². The second-order valence-electron chi connectivity index (χ2n) is 8.22. The molecule has 1 saturated heterocycles. The van der Waals surface area contributed by atoms with Gasteiger partial charge in [0, 0.05) is 60.8 Å². The van der Waals surface area contributed by atoms with Gasteiger partial charge in [-0.1, -0.05) is 12.6 Å². The number of aryl methyl sites for hydroxylation is 1. The number of pyridine rings is 1. The average Bonchev–Trinajstić information content (AvgIpc) is 3.18. The Bertz CT molecular complexity index is 1140. The summed E-state index contributed by atoms with van der Waals surface area (Å²) in [5.74, 6) is 0.00141. The molecular formula is C24H26N4O2. The summed E-state index contributed by atoms with van der Waals surface area (Å²) in [6.07, 6.45) is 4.22. The summed E-state index contributed by atoms with van der Waals surface area (Å²) in [5.41, 5.74) is 7.97. The Hall–Kier alpha value is -3.12. The fourth-order valence-corrected chi connectivity index (χ4v) is 4.40. The highest BCUT2D eigenvalue weighted by Gasteiger charge is 2.33. The molecule has 4 heterocycles. The highest BCUT2D eigenvalue weighted by Crippen LogP contribution is 2.35. The summed E-state index contributed by atoms with van der Waals surface area (Å²) < 4.78 is 5.60. The third kappa shape index (κ3) is 3.08. The number of hydrogen-bond donors (Lipinski definition) is 1. The van der Waals surface area contributed by atoms with Crippen LogP contribution in [-0.2, 0) is 22.6 Å². The lowest BCUT2D eigenvalue weighted by molar-refractivity contribution is -0.130. The summed E-state index contributed by atoms with van der Waals surface area (Å²) in [5, 5.41) is 1.19. The van der Waals surface area contributed by atoms with Crippen molar-refractivity contribution < 1.29 is 9.53 Å². The van der Waals surface area contributed by atoms with Crippen molar-refractivity contribution in [3.8, 4) is 11.3 Å². The highest BCUT2D eigenvalue weighted by molar-refractivity contribution is 5.98. The maximum absolute atomic E-state index is 11.8. The van der Waals surface area contributed by atoms with Gasteiger partial charge in [0.2, 0.25) is 5.91 Å². The number of carbonyl (C=O) groups excluding carboxylic acids is 1. The van der Waals surface area contributed by atoms with Crippen LogP contribution in [0.5, 0.6) is 0 Å². The highest BCUT2D eigenvalue weighted by atomic mass is 16.5. The van der Waals surface area contributed by atoms with E-state index in [1.165, 1.54) is 28.3 Å². The van der Waals surface area contributed by atoms with Crippen LogP contribution in [0.3, 0.4) is 0 Å². The van der Waals surface area contributed by atoms with Crippen LogP contribution in [0.1, 0.15) is 16.8 Å². The van der Waals surface area contributed by atoms with Crippen molar-refractivity contribution in [1.82, 2.24) is 14.9 Å². The van der Waals surface area contributed by atoms with E-state index in [1.807, 2.05) is 11.1 Å². The number of fused-ring (bicyclic) bond motifs is 2. The summed E-state index contributed by atoms with van der Waals surface area (Å²) in [7, 11) is 2.11. The van der Waals surface area contributed by atoms with E-state index in [0.29, 0.717) is 12.6 Å². The number of nitrogens with zero attached hydrogens (tertiary/aromatic N) is 3. The Balaban J connectivity index is 1.48. The molecule has 1 aromatic carbocycles. The molecule has 3 aromatic rings. The Morgan fingerprint density at radius 3 is 3.00 bits per heavy atom. The molecule has 1 N–H and O–H groups in total. The minimum Gasteiger partial charge on any atom is -0.376 e. The van der Waals surface area contributed by atoms with E-state index in [9.17, 15) is 4.79 Å². The zero-order valence-electron chi connectivity index (χ0n) is 17.4. The molecule has 0 spiro atoms. The molecule has 30 heavy (non-hydrogen) atoms. The molecule has 5 rings (SSSR count). The Labute approximate surface area is 176 Å². The van der Waals surface area contributed by atoms with Gasteiger partial charge in [-0.3, -0.25) is 9.78 Å². The van der Waals surface area contributed by atoms with E-state index in [-0.39, 0.29) is 5.91 Å². The van der Waals surface area contributed by atoms with E-state index in [2.05, 4.69) is 59.7 Å². The number of amides is 1. The zero-order chi connectivity index (χ0) is 20.8. The fraction of sp³-hybridized carbons (Fsp3) is 0.333. The Morgan fingerprint density at radius 1 is 1.37 bits per heavy atom. The van der Waals surface area contributed by atoms with Crippen LogP contribution in [-0.4, -0.2) is 53.6 Å². The summed E-state index contributed by atoms with van der Waals surface area (Å²) in [4.78, 5) is 24.2. The zero-order valence-corrected chi connectivity index (χ0v) is 17.4. The third-order valence-electron chi connectivity index (χ3n) is 6.37. The molecule has 0 unspecified atom stereocenters. The van der Waals surface area contributed by atoms with Crippen LogP contribution in [0, 0.1) is 6.92 Å². The fourth-order valence-electron chi connectivity index (χ4n) is 4.40. The first-order valence-corrected chi connectivity index (χ1v) is 10.4. The van der Waals surface area contributed by atoms with Gasteiger partial charge in [-0.15, -0.1) is 0 Å². The van der Waals surface area contributed by atoms with Gasteiger partial charge < -0.3 is 19.5 Å². The van der Waals surface area contributed by atoms with Gasteiger partial charge in [0.15, 0.2) is 0 Å². The van der Waals surface area contributed by atoms with Crippen LogP contribution in [0.15, 0.2) is 43.1 Å². The second kappa shape index (κ2) is 7.29. The van der Waals surface area contributed by atoms with Gasteiger partial charge in [0.1, 0.15) is 0 Å². The van der Waals surface area contributed by atoms with Crippen molar-refractivity contribution in [3.63, 3.8) is 0 Å². The second-order valence-corrected chi connectivity index (χ2v) is 8.22. The first-order valence-electron chi connectivity index (χ1n) is 10.4. The third-order valence-corrected chi connectivity index (χ3v) is 6.37. The quantitative estimate of drug-likeness (QED) is 0.679. The number of rotatable bonds is 4. The van der Waals surface area contributed by atoms with Crippen LogP contribution in [0.4, 0.5) is 5.69 Å². The van der Waals surface area contributed by atoms with Crippen molar-refractivity contribution in [1.29, 1.82) is 0 Å². The average molecular weight is 402 g/mol. The Kier molecular flexibility index (Phi) is 4.59. The lowest BCUT2D eigenvalue weighted by atomic mass is 10.0. The smallest absolute Gasteiger partial charge is 0.246 e. The van der Waals surface area contributed by atoms with Gasteiger partial charge in [-0.05, 0) is 42.3 Å². The number of aromatic nitrogens is 2. The maximum Gasteiger partial charge on any atom is 0.246 e. The molecular weight excluding hydrogens is 376 g/mol. The minimum atomic E-state index is 0.00141. The van der Waals surface area contributed by atoms with Gasteiger partial charge in [0.05, 0.1) is 24.8 Å². The van der Waals surface area contributed by atoms with Crippen molar-refractivity contribution in [2.75, 3.05) is 31.6 Å². The first kappa shape index (κ1) is 18.9. The molecule has 0 aliphatic carbocycles. The SMILES string of the molecule is C=CC(=O)N1CC(N(C)c2ccc(C)c3[nH]c(-c4cnc5c(c4)COCC5)cc23)C1. The molecule has 1 fully saturated rings. The molecule has 0 bridgehead atoms. The van der Waals surface area contributed by atoms with E-state index >= 15 is 0 Å². The normalized spacial score (nSPS) is 16.3. The molecule has 0 radical (unpaired) electrons. The molecule has 154 valence electrons. The topological polar surface area (TPSA) is 61.5 Å². The number of ether oxygens (including phenoxy) is 1. The summed E-state index contributed by atoms with van der Waals surface area (Å²) in [6, 6.07) is 9.04. The number of anilines is 1. The predicted octanol–water partition coefficient (Wildman–Crippen LogP) is 3.44. The van der Waals surface area contributed by atoms with E-state index < -0.39 is 0 Å². The summed E-state index contributed by atoms with van der Waals surface area (Å²) >= 11 is 0. The largest absolute Gasteiger partial charge is 0.376 e. The number of aromatic amines is 1. The number of nitrogens with one attached hydrogen (secondary N) is 1. The molecule has 2 aliphatic rings. The molecule has 6 nitrogen and oxygen atoms in total. The van der Waals surface area contributed by atoms with Gasteiger partial charge in [-0.2, -0.15) is 0 Å². The lowest BCUT2D eigenvalue weighted by Crippen LogP contribution is -2.60. The number of likely N-dealkylation sites (N-methyl/N-ethyl adjacent to an activating group) is 1. The number of benzene rings is 1. The minimum absolute atomic E-state index is 0.00141. The van der Waals surface area contributed by atoms with Crippen LogP contribution in [0.2, 0.25) is 0 Å². The van der Waals surface area contributed by atoms with Gasteiger partial charge in [-0.25, -0.2) is 0 Å². The van der Waals surface area contributed by atoms with E-state index in [4.69, 9.17) is 4.74 Å². The van der Waals surface area contributed by atoms with Crippen LogP contribution >= 0.6 is 0 Å². The van der Waals surface area contributed by atoms with Crippen molar-refractivity contribution in [3.05, 3.63) is 59.9 Å².